The molecule has 2 aromatic rings. The highest BCUT2D eigenvalue weighted by atomic mass is 79.9. The van der Waals surface area contributed by atoms with E-state index in [1.54, 1.807) is 24.2 Å². The average molecular weight is 314 g/mol. The molecule has 0 unspecified atom stereocenters. The van der Waals surface area contributed by atoms with Gasteiger partial charge in [-0.15, -0.1) is 0 Å². The van der Waals surface area contributed by atoms with E-state index in [2.05, 4.69) is 31.0 Å². The number of aromatic nitrogens is 4. The average Bonchev–Trinajstić information content (AvgIpc) is 2.79. The Hall–Kier alpha value is -1.67. The van der Waals surface area contributed by atoms with Crippen molar-refractivity contribution >= 4 is 21.7 Å². The maximum atomic E-state index is 5.66. The maximum absolute atomic E-state index is 5.66. The molecule has 2 heterocycles. The molecule has 96 valence electrons. The lowest BCUT2D eigenvalue weighted by molar-refractivity contribution is 0.183. The summed E-state index contributed by atoms with van der Waals surface area (Å²) >= 11 is 3.20. The Morgan fingerprint density at radius 1 is 1.44 bits per heavy atom. The Balaban J connectivity index is 2.08. The first-order chi connectivity index (χ1) is 8.69. The molecule has 18 heavy (non-hydrogen) atoms. The van der Waals surface area contributed by atoms with Crippen molar-refractivity contribution in [3.05, 3.63) is 23.2 Å². The van der Waals surface area contributed by atoms with Crippen LogP contribution in [0.25, 0.3) is 0 Å². The molecule has 0 amide bonds. The number of methoxy groups -OCH3 is 1. The summed E-state index contributed by atoms with van der Waals surface area (Å²) in [4.78, 5) is 8.01. The van der Waals surface area contributed by atoms with Crippen LogP contribution in [0.5, 0.6) is 11.6 Å². The van der Waals surface area contributed by atoms with E-state index in [9.17, 15) is 0 Å². The fraction of sp³-hybridized carbons (Fsp3) is 0.300. The fourth-order valence-corrected chi connectivity index (χ4v) is 1.52. The van der Waals surface area contributed by atoms with Crippen LogP contribution in [-0.2, 0) is 11.3 Å². The largest absolute Gasteiger partial charge is 0.433 e. The number of anilines is 1. The molecule has 0 radical (unpaired) electrons. The quantitative estimate of drug-likeness (QED) is 0.899. The summed E-state index contributed by atoms with van der Waals surface area (Å²) in [5.74, 6) is 1.02. The first-order valence-corrected chi connectivity index (χ1v) is 5.95. The summed E-state index contributed by atoms with van der Waals surface area (Å²) in [6, 6.07) is 0. The van der Waals surface area contributed by atoms with E-state index in [0.717, 1.165) is 0 Å². The first-order valence-electron chi connectivity index (χ1n) is 5.16. The summed E-state index contributed by atoms with van der Waals surface area (Å²) < 4.78 is 12.7. The molecule has 2 N–H and O–H groups in total. The van der Waals surface area contributed by atoms with E-state index < -0.39 is 0 Å². The zero-order valence-corrected chi connectivity index (χ0v) is 11.3. The first kappa shape index (κ1) is 12.8. The SMILES string of the molecule is COCCn1cc(Oc2nc(Br)cnc2N)cn1. The van der Waals surface area contributed by atoms with Gasteiger partial charge in [0.1, 0.15) is 4.60 Å². The highest BCUT2D eigenvalue weighted by Gasteiger charge is 2.08. The van der Waals surface area contributed by atoms with Crippen LogP contribution in [-0.4, -0.2) is 33.5 Å². The second kappa shape index (κ2) is 5.78. The summed E-state index contributed by atoms with van der Waals surface area (Å²) in [5.41, 5.74) is 5.66. The maximum Gasteiger partial charge on any atom is 0.263 e. The van der Waals surface area contributed by atoms with E-state index in [0.29, 0.717) is 23.5 Å². The number of nitrogen functional groups attached to an aromatic ring is 1. The molecule has 0 aliphatic rings. The van der Waals surface area contributed by atoms with Gasteiger partial charge in [0.15, 0.2) is 11.6 Å². The van der Waals surface area contributed by atoms with Crippen LogP contribution in [0.2, 0.25) is 0 Å². The van der Waals surface area contributed by atoms with Gasteiger partial charge in [0.2, 0.25) is 0 Å². The minimum atomic E-state index is 0.225. The number of hydrogen-bond acceptors (Lipinski definition) is 6. The molecular weight excluding hydrogens is 302 g/mol. The van der Waals surface area contributed by atoms with Gasteiger partial charge in [0.05, 0.1) is 31.7 Å². The van der Waals surface area contributed by atoms with E-state index in [1.807, 2.05) is 0 Å². The van der Waals surface area contributed by atoms with Crippen molar-refractivity contribution < 1.29 is 9.47 Å². The molecule has 0 fully saturated rings. The number of nitrogens with two attached hydrogens (primary N) is 1. The van der Waals surface area contributed by atoms with Crippen LogP contribution in [0.3, 0.4) is 0 Å². The summed E-state index contributed by atoms with van der Waals surface area (Å²) in [7, 11) is 1.64. The van der Waals surface area contributed by atoms with E-state index in [4.69, 9.17) is 15.2 Å². The van der Waals surface area contributed by atoms with Gasteiger partial charge in [-0.05, 0) is 15.9 Å². The lowest BCUT2D eigenvalue weighted by atomic mass is 10.6. The third kappa shape index (κ3) is 3.17. The van der Waals surface area contributed by atoms with Crippen LogP contribution in [0.15, 0.2) is 23.2 Å². The van der Waals surface area contributed by atoms with E-state index in [1.165, 1.54) is 6.20 Å². The van der Waals surface area contributed by atoms with Crippen LogP contribution in [0, 0.1) is 0 Å². The lowest BCUT2D eigenvalue weighted by Crippen LogP contribution is -2.03. The molecule has 0 aliphatic heterocycles. The van der Waals surface area contributed by atoms with Gasteiger partial charge in [-0.1, -0.05) is 0 Å². The number of ether oxygens (including phenoxy) is 2. The smallest absolute Gasteiger partial charge is 0.263 e. The van der Waals surface area contributed by atoms with Gasteiger partial charge >= 0.3 is 0 Å². The third-order valence-corrected chi connectivity index (χ3v) is 2.47. The van der Waals surface area contributed by atoms with E-state index in [-0.39, 0.29) is 11.7 Å². The van der Waals surface area contributed by atoms with Crippen molar-refractivity contribution in [3.8, 4) is 11.6 Å². The Morgan fingerprint density at radius 2 is 2.28 bits per heavy atom. The molecule has 2 rings (SSSR count). The Bertz CT molecular complexity index is 531. The molecule has 0 saturated heterocycles. The number of hydrogen-bond donors (Lipinski definition) is 1. The van der Waals surface area contributed by atoms with Crippen LogP contribution < -0.4 is 10.5 Å². The number of halogens is 1. The summed E-state index contributed by atoms with van der Waals surface area (Å²) in [6.07, 6.45) is 4.82. The molecular formula is C10H12BrN5O2. The topological polar surface area (TPSA) is 88.1 Å². The van der Waals surface area contributed by atoms with Crippen molar-refractivity contribution in [2.75, 3.05) is 19.5 Å². The Labute approximate surface area is 112 Å². The predicted octanol–water partition coefficient (Wildman–Crippen LogP) is 1.46. The molecule has 0 spiro atoms. The van der Waals surface area contributed by atoms with Crippen LogP contribution in [0.4, 0.5) is 5.82 Å². The van der Waals surface area contributed by atoms with Crippen LogP contribution in [0.1, 0.15) is 0 Å². The van der Waals surface area contributed by atoms with Crippen molar-refractivity contribution in [2.45, 2.75) is 6.54 Å². The number of rotatable bonds is 5. The van der Waals surface area contributed by atoms with Gasteiger partial charge in [-0.2, -0.15) is 5.10 Å². The van der Waals surface area contributed by atoms with Crippen molar-refractivity contribution in [3.63, 3.8) is 0 Å². The molecule has 7 nitrogen and oxygen atoms in total. The normalized spacial score (nSPS) is 10.6. The minimum Gasteiger partial charge on any atom is -0.433 e. The summed E-state index contributed by atoms with van der Waals surface area (Å²) in [5, 5.41) is 4.11. The highest BCUT2D eigenvalue weighted by molar-refractivity contribution is 9.10. The zero-order valence-electron chi connectivity index (χ0n) is 9.71. The molecule has 0 bridgehead atoms. The molecule has 8 heteroatoms. The molecule has 2 aromatic heterocycles. The highest BCUT2D eigenvalue weighted by Crippen LogP contribution is 2.24. The molecule has 0 saturated carbocycles. The van der Waals surface area contributed by atoms with Crippen LogP contribution >= 0.6 is 15.9 Å². The van der Waals surface area contributed by atoms with Crippen molar-refractivity contribution in [1.29, 1.82) is 0 Å². The molecule has 0 atom stereocenters. The van der Waals surface area contributed by atoms with Crippen molar-refractivity contribution in [1.82, 2.24) is 19.7 Å². The zero-order chi connectivity index (χ0) is 13.0. The second-order valence-corrected chi connectivity index (χ2v) is 4.23. The van der Waals surface area contributed by atoms with Gasteiger partial charge in [0.25, 0.3) is 5.88 Å². The molecule has 0 aromatic carbocycles. The minimum absolute atomic E-state index is 0.225. The van der Waals surface area contributed by atoms with Gasteiger partial charge in [0, 0.05) is 7.11 Å². The predicted molar refractivity (Wildman–Crippen MR) is 68.3 cm³/mol. The van der Waals surface area contributed by atoms with Gasteiger partial charge in [-0.3, -0.25) is 4.68 Å². The fourth-order valence-electron chi connectivity index (χ4n) is 1.25. The second-order valence-electron chi connectivity index (χ2n) is 3.42. The van der Waals surface area contributed by atoms with Gasteiger partial charge < -0.3 is 15.2 Å². The third-order valence-electron chi connectivity index (χ3n) is 2.09. The molecule has 0 aliphatic carbocycles. The summed E-state index contributed by atoms with van der Waals surface area (Å²) in [6.45, 7) is 1.24. The van der Waals surface area contributed by atoms with Gasteiger partial charge in [-0.25, -0.2) is 9.97 Å². The standard InChI is InChI=1S/C10H12BrN5O2/c1-17-3-2-16-6-7(4-14-16)18-10-9(12)13-5-8(11)15-10/h4-6H,2-3H2,1H3,(H2,12,13). The monoisotopic (exact) mass is 313 g/mol. The van der Waals surface area contributed by atoms with Crippen molar-refractivity contribution in [2.24, 2.45) is 0 Å². The van der Waals surface area contributed by atoms with E-state index >= 15 is 0 Å². The Morgan fingerprint density at radius 3 is 3.06 bits per heavy atom. The number of nitrogens with zero attached hydrogens (tertiary/aromatic N) is 4. The lowest BCUT2D eigenvalue weighted by Gasteiger charge is -2.04. The Kier molecular flexibility index (Phi) is 4.11.